The summed E-state index contributed by atoms with van der Waals surface area (Å²) in [6.07, 6.45) is 4.39. The van der Waals surface area contributed by atoms with Crippen LogP contribution in [0, 0.1) is 0 Å². The van der Waals surface area contributed by atoms with E-state index in [0.29, 0.717) is 12.6 Å². The number of nitrogens with zero attached hydrogens (tertiary/aromatic N) is 1. The summed E-state index contributed by atoms with van der Waals surface area (Å²) in [6.45, 7) is 4.23. The zero-order valence-electron chi connectivity index (χ0n) is 11.4. The smallest absolute Gasteiger partial charge is 0.215 e. The minimum atomic E-state index is -3.19. The molecule has 0 amide bonds. The van der Waals surface area contributed by atoms with E-state index in [4.69, 9.17) is 0 Å². The summed E-state index contributed by atoms with van der Waals surface area (Å²) in [6, 6.07) is 0.639. The third kappa shape index (κ3) is 4.19. The zero-order valence-corrected chi connectivity index (χ0v) is 12.2. The van der Waals surface area contributed by atoms with Crippen LogP contribution < -0.4 is 10.0 Å². The first-order valence-electron chi connectivity index (χ1n) is 6.90. The Morgan fingerprint density at radius 2 is 2.00 bits per heavy atom. The molecule has 0 aromatic rings. The molecule has 1 heterocycles. The lowest BCUT2D eigenvalue weighted by atomic mass is 10.1. The second-order valence-electron chi connectivity index (χ2n) is 5.76. The molecule has 1 saturated carbocycles. The third-order valence-corrected chi connectivity index (χ3v) is 5.64. The van der Waals surface area contributed by atoms with E-state index in [1.165, 1.54) is 12.8 Å². The predicted molar refractivity (Wildman–Crippen MR) is 73.1 cm³/mol. The molecule has 0 aromatic carbocycles. The van der Waals surface area contributed by atoms with Gasteiger partial charge < -0.3 is 10.2 Å². The molecule has 2 rings (SSSR count). The summed E-state index contributed by atoms with van der Waals surface area (Å²) in [5.41, 5.74) is 0. The molecule has 1 aliphatic carbocycles. The molecule has 1 aliphatic heterocycles. The van der Waals surface area contributed by atoms with Gasteiger partial charge in [0, 0.05) is 25.2 Å². The van der Waals surface area contributed by atoms with Gasteiger partial charge in [-0.25, -0.2) is 13.1 Å². The molecule has 0 radical (unpaired) electrons. The second kappa shape index (κ2) is 5.86. The average molecular weight is 275 g/mol. The van der Waals surface area contributed by atoms with Crippen LogP contribution in [0.25, 0.3) is 0 Å². The minimum absolute atomic E-state index is 0.0807. The van der Waals surface area contributed by atoms with E-state index < -0.39 is 10.0 Å². The summed E-state index contributed by atoms with van der Waals surface area (Å²) in [5.74, 6) is 0. The van der Waals surface area contributed by atoms with Gasteiger partial charge >= 0.3 is 0 Å². The molecule has 106 valence electrons. The van der Waals surface area contributed by atoms with Crippen LogP contribution in [0.2, 0.25) is 0 Å². The summed E-state index contributed by atoms with van der Waals surface area (Å²) in [5, 5.41) is 2.92. The Bertz CT molecular complexity index is 368. The summed E-state index contributed by atoms with van der Waals surface area (Å²) >= 11 is 0. The molecule has 18 heavy (non-hydrogen) atoms. The number of likely N-dealkylation sites (N-methyl/N-ethyl adjacent to an activating group) is 1. The lowest BCUT2D eigenvalue weighted by Crippen LogP contribution is -2.49. The van der Waals surface area contributed by atoms with Crippen molar-refractivity contribution in [3.05, 3.63) is 0 Å². The van der Waals surface area contributed by atoms with E-state index in [1.54, 1.807) is 6.92 Å². The van der Waals surface area contributed by atoms with Crippen LogP contribution in [0.5, 0.6) is 0 Å². The van der Waals surface area contributed by atoms with Gasteiger partial charge in [0.05, 0.1) is 5.25 Å². The standard InChI is InChI=1S/C12H25N3O2S/c1-10(8-13-11-5-6-11)18(16,17)14-12-4-3-7-15(2)9-12/h10-14H,3-9H2,1-2H3. The quantitative estimate of drug-likeness (QED) is 0.724. The molecule has 2 unspecified atom stereocenters. The van der Waals surface area contributed by atoms with Crippen LogP contribution in [-0.2, 0) is 10.0 Å². The lowest BCUT2D eigenvalue weighted by Gasteiger charge is -2.30. The minimum Gasteiger partial charge on any atom is -0.313 e. The number of nitrogens with one attached hydrogen (secondary N) is 2. The van der Waals surface area contributed by atoms with Crippen molar-refractivity contribution in [2.45, 2.75) is 49.9 Å². The summed E-state index contributed by atoms with van der Waals surface area (Å²) in [4.78, 5) is 2.18. The third-order valence-electron chi connectivity index (χ3n) is 3.76. The number of rotatable bonds is 6. The first-order valence-corrected chi connectivity index (χ1v) is 8.45. The molecular weight excluding hydrogens is 250 g/mol. The van der Waals surface area contributed by atoms with E-state index >= 15 is 0 Å². The molecule has 5 nitrogen and oxygen atoms in total. The van der Waals surface area contributed by atoms with Crippen molar-refractivity contribution in [2.75, 3.05) is 26.7 Å². The maximum Gasteiger partial charge on any atom is 0.215 e. The second-order valence-corrected chi connectivity index (χ2v) is 7.89. The molecule has 0 spiro atoms. The van der Waals surface area contributed by atoms with Gasteiger partial charge in [-0.05, 0) is 46.2 Å². The van der Waals surface area contributed by atoms with Gasteiger partial charge in [0.25, 0.3) is 0 Å². The fourth-order valence-electron chi connectivity index (χ4n) is 2.34. The molecule has 0 bridgehead atoms. The van der Waals surface area contributed by atoms with E-state index in [0.717, 1.165) is 25.9 Å². The molecule has 6 heteroatoms. The van der Waals surface area contributed by atoms with Crippen molar-refractivity contribution >= 4 is 10.0 Å². The molecule has 2 fully saturated rings. The maximum atomic E-state index is 12.2. The van der Waals surface area contributed by atoms with Gasteiger partial charge in [0.1, 0.15) is 0 Å². The van der Waals surface area contributed by atoms with Gasteiger partial charge in [-0.2, -0.15) is 0 Å². The number of piperidine rings is 1. The van der Waals surface area contributed by atoms with E-state index in [1.807, 2.05) is 7.05 Å². The molecule has 0 aromatic heterocycles. The van der Waals surface area contributed by atoms with Crippen LogP contribution in [0.4, 0.5) is 0 Å². The largest absolute Gasteiger partial charge is 0.313 e. The van der Waals surface area contributed by atoms with Crippen molar-refractivity contribution in [1.82, 2.24) is 14.9 Å². The fraction of sp³-hybridized carbons (Fsp3) is 1.00. The Hall–Kier alpha value is -0.170. The highest BCUT2D eigenvalue weighted by Gasteiger charge is 2.28. The molecule has 2 N–H and O–H groups in total. The van der Waals surface area contributed by atoms with Crippen molar-refractivity contribution < 1.29 is 8.42 Å². The summed E-state index contributed by atoms with van der Waals surface area (Å²) < 4.78 is 27.2. The lowest BCUT2D eigenvalue weighted by molar-refractivity contribution is 0.242. The van der Waals surface area contributed by atoms with Gasteiger partial charge in [-0.15, -0.1) is 0 Å². The Labute approximate surface area is 110 Å². The molecular formula is C12H25N3O2S. The van der Waals surface area contributed by atoms with Crippen molar-refractivity contribution in [3.63, 3.8) is 0 Å². The normalized spacial score (nSPS) is 28.2. The van der Waals surface area contributed by atoms with E-state index in [2.05, 4.69) is 14.9 Å². The zero-order chi connectivity index (χ0) is 13.2. The Kier molecular flexibility index (Phi) is 4.64. The van der Waals surface area contributed by atoms with Crippen molar-refractivity contribution in [2.24, 2.45) is 0 Å². The Morgan fingerprint density at radius 1 is 1.28 bits per heavy atom. The van der Waals surface area contributed by atoms with Gasteiger partial charge in [0.15, 0.2) is 0 Å². The number of likely N-dealkylation sites (tertiary alicyclic amines) is 1. The number of hydrogen-bond acceptors (Lipinski definition) is 4. The highest BCUT2D eigenvalue weighted by atomic mass is 32.2. The fourth-order valence-corrected chi connectivity index (χ4v) is 3.55. The number of hydrogen-bond donors (Lipinski definition) is 2. The maximum absolute atomic E-state index is 12.2. The highest BCUT2D eigenvalue weighted by molar-refractivity contribution is 7.90. The van der Waals surface area contributed by atoms with Gasteiger partial charge in [-0.3, -0.25) is 0 Å². The van der Waals surface area contributed by atoms with Crippen LogP contribution in [0.1, 0.15) is 32.6 Å². The van der Waals surface area contributed by atoms with Crippen LogP contribution in [0.15, 0.2) is 0 Å². The Balaban J connectivity index is 1.80. The van der Waals surface area contributed by atoms with E-state index in [-0.39, 0.29) is 11.3 Å². The van der Waals surface area contributed by atoms with Crippen LogP contribution >= 0.6 is 0 Å². The monoisotopic (exact) mass is 275 g/mol. The van der Waals surface area contributed by atoms with Crippen molar-refractivity contribution in [1.29, 1.82) is 0 Å². The predicted octanol–water partition coefficient (Wildman–Crippen LogP) is 0.141. The number of sulfonamides is 1. The van der Waals surface area contributed by atoms with Crippen molar-refractivity contribution in [3.8, 4) is 0 Å². The van der Waals surface area contributed by atoms with Crippen LogP contribution in [-0.4, -0.2) is 57.3 Å². The topological polar surface area (TPSA) is 61.4 Å². The molecule has 2 aliphatic rings. The SMILES string of the molecule is CC(CNC1CC1)S(=O)(=O)NC1CCCN(C)C1. The highest BCUT2D eigenvalue weighted by Crippen LogP contribution is 2.19. The summed E-state index contributed by atoms with van der Waals surface area (Å²) in [7, 11) is -1.15. The molecule has 2 atom stereocenters. The van der Waals surface area contributed by atoms with Gasteiger partial charge in [-0.1, -0.05) is 0 Å². The van der Waals surface area contributed by atoms with Crippen LogP contribution in [0.3, 0.4) is 0 Å². The average Bonchev–Trinajstić information content (AvgIpc) is 3.08. The first-order chi connectivity index (χ1) is 8.47. The van der Waals surface area contributed by atoms with E-state index in [9.17, 15) is 8.42 Å². The molecule has 1 saturated heterocycles. The Morgan fingerprint density at radius 3 is 2.61 bits per heavy atom. The van der Waals surface area contributed by atoms with Gasteiger partial charge in [0.2, 0.25) is 10.0 Å². The first kappa shape index (κ1) is 14.2.